The Balaban J connectivity index is 2.86. The van der Waals surface area contributed by atoms with E-state index in [2.05, 4.69) is 5.32 Å². The number of phenols is 1. The van der Waals surface area contributed by atoms with Crippen molar-refractivity contribution < 1.29 is 9.90 Å². The molecule has 4 N–H and O–H groups in total. The highest BCUT2D eigenvalue weighted by molar-refractivity contribution is 5.99. The molecule has 0 radical (unpaired) electrons. The van der Waals surface area contributed by atoms with Crippen molar-refractivity contribution in [2.45, 2.75) is 26.3 Å². The van der Waals surface area contributed by atoms with Gasteiger partial charge in [0.1, 0.15) is 5.75 Å². The third-order valence-corrected chi connectivity index (χ3v) is 2.27. The van der Waals surface area contributed by atoms with Gasteiger partial charge in [-0.25, -0.2) is 0 Å². The minimum atomic E-state index is -0.252. The van der Waals surface area contributed by atoms with Gasteiger partial charge in [0.25, 0.3) is 5.91 Å². The lowest BCUT2D eigenvalue weighted by Gasteiger charge is -2.12. The van der Waals surface area contributed by atoms with Crippen molar-refractivity contribution in [2.75, 3.05) is 5.73 Å². The summed E-state index contributed by atoms with van der Waals surface area (Å²) in [6, 6.07) is 4.43. The van der Waals surface area contributed by atoms with Gasteiger partial charge in [0.05, 0.1) is 5.56 Å². The number of aromatic hydroxyl groups is 1. The fraction of sp³-hybridized carbons (Fsp3) is 0.364. The highest BCUT2D eigenvalue weighted by Gasteiger charge is 2.12. The number of benzene rings is 1. The molecule has 0 fully saturated rings. The molecule has 1 amide bonds. The van der Waals surface area contributed by atoms with E-state index in [4.69, 9.17) is 5.73 Å². The van der Waals surface area contributed by atoms with Crippen LogP contribution < -0.4 is 11.1 Å². The first kappa shape index (κ1) is 11.4. The molecule has 0 bridgehead atoms. The molecule has 15 heavy (non-hydrogen) atoms. The van der Waals surface area contributed by atoms with Crippen molar-refractivity contribution in [1.29, 1.82) is 0 Å². The van der Waals surface area contributed by atoms with E-state index in [-0.39, 0.29) is 17.7 Å². The highest BCUT2D eigenvalue weighted by Crippen LogP contribution is 2.18. The van der Waals surface area contributed by atoms with Crippen LogP contribution in [0.2, 0.25) is 0 Å². The minimum absolute atomic E-state index is 0.0403. The van der Waals surface area contributed by atoms with Crippen LogP contribution in [-0.2, 0) is 0 Å². The van der Waals surface area contributed by atoms with Gasteiger partial charge in [-0.15, -0.1) is 0 Å². The van der Waals surface area contributed by atoms with Crippen LogP contribution in [0.1, 0.15) is 30.6 Å². The largest absolute Gasteiger partial charge is 0.508 e. The fourth-order valence-corrected chi connectivity index (χ4v) is 1.14. The molecule has 1 atom stereocenters. The third-order valence-electron chi connectivity index (χ3n) is 2.27. The average molecular weight is 208 g/mol. The van der Waals surface area contributed by atoms with E-state index in [1.807, 2.05) is 13.8 Å². The molecule has 0 aliphatic rings. The SMILES string of the molecule is CCC(C)NC(=O)c1cc(O)ccc1N. The average Bonchev–Trinajstić information content (AvgIpc) is 2.21. The Morgan fingerprint density at radius 3 is 2.87 bits per heavy atom. The monoisotopic (exact) mass is 208 g/mol. The van der Waals surface area contributed by atoms with Gasteiger partial charge in [0.2, 0.25) is 0 Å². The van der Waals surface area contributed by atoms with E-state index in [9.17, 15) is 9.90 Å². The summed E-state index contributed by atoms with van der Waals surface area (Å²) in [4.78, 5) is 11.7. The number of hydrogen-bond acceptors (Lipinski definition) is 3. The van der Waals surface area contributed by atoms with Gasteiger partial charge in [-0.05, 0) is 31.5 Å². The van der Waals surface area contributed by atoms with E-state index in [1.54, 1.807) is 0 Å². The number of hydrogen-bond donors (Lipinski definition) is 3. The summed E-state index contributed by atoms with van der Waals surface area (Å²) in [5, 5.41) is 12.0. The summed E-state index contributed by atoms with van der Waals surface area (Å²) in [7, 11) is 0. The maximum atomic E-state index is 11.7. The predicted octanol–water partition coefficient (Wildman–Crippen LogP) is 1.50. The van der Waals surface area contributed by atoms with E-state index in [0.29, 0.717) is 11.3 Å². The first-order valence-corrected chi connectivity index (χ1v) is 4.94. The molecule has 0 aromatic heterocycles. The Kier molecular flexibility index (Phi) is 3.55. The van der Waals surface area contributed by atoms with Crippen molar-refractivity contribution in [2.24, 2.45) is 0 Å². The second-order valence-corrected chi connectivity index (χ2v) is 3.55. The van der Waals surface area contributed by atoms with Crippen LogP contribution in [0, 0.1) is 0 Å². The molecule has 4 nitrogen and oxygen atoms in total. The molecule has 1 aromatic carbocycles. The Morgan fingerprint density at radius 2 is 2.27 bits per heavy atom. The van der Waals surface area contributed by atoms with Gasteiger partial charge < -0.3 is 16.2 Å². The fourth-order valence-electron chi connectivity index (χ4n) is 1.14. The number of rotatable bonds is 3. The van der Waals surface area contributed by atoms with Crippen molar-refractivity contribution in [3.05, 3.63) is 23.8 Å². The Labute approximate surface area is 89.1 Å². The van der Waals surface area contributed by atoms with Crippen molar-refractivity contribution in [3.8, 4) is 5.75 Å². The van der Waals surface area contributed by atoms with Gasteiger partial charge in [-0.2, -0.15) is 0 Å². The standard InChI is InChI=1S/C11H16N2O2/c1-3-7(2)13-11(15)9-6-8(14)4-5-10(9)12/h4-7,14H,3,12H2,1-2H3,(H,13,15). The predicted molar refractivity (Wildman–Crippen MR) is 59.7 cm³/mol. The van der Waals surface area contributed by atoms with Crippen LogP contribution >= 0.6 is 0 Å². The van der Waals surface area contributed by atoms with Crippen LogP contribution in [0.5, 0.6) is 5.75 Å². The molecule has 0 spiro atoms. The molecular formula is C11H16N2O2. The smallest absolute Gasteiger partial charge is 0.253 e. The van der Waals surface area contributed by atoms with E-state index >= 15 is 0 Å². The first-order chi connectivity index (χ1) is 7.04. The van der Waals surface area contributed by atoms with Crippen molar-refractivity contribution in [3.63, 3.8) is 0 Å². The molecule has 82 valence electrons. The zero-order valence-corrected chi connectivity index (χ0v) is 8.95. The number of phenolic OH excluding ortho intramolecular Hbond substituents is 1. The molecule has 4 heteroatoms. The molecule has 0 saturated carbocycles. The normalized spacial score (nSPS) is 12.1. The van der Waals surface area contributed by atoms with Gasteiger partial charge in [-0.3, -0.25) is 4.79 Å². The van der Waals surface area contributed by atoms with Gasteiger partial charge in [0.15, 0.2) is 0 Å². The number of nitrogens with two attached hydrogens (primary N) is 1. The maximum absolute atomic E-state index is 11.7. The summed E-state index contributed by atoms with van der Waals surface area (Å²) < 4.78 is 0. The molecule has 1 aromatic rings. The zero-order valence-electron chi connectivity index (χ0n) is 8.95. The Bertz CT molecular complexity index is 364. The van der Waals surface area contributed by atoms with Gasteiger partial charge >= 0.3 is 0 Å². The van der Waals surface area contributed by atoms with E-state index in [1.165, 1.54) is 18.2 Å². The number of amides is 1. The first-order valence-electron chi connectivity index (χ1n) is 4.94. The lowest BCUT2D eigenvalue weighted by atomic mass is 10.1. The Hall–Kier alpha value is -1.71. The number of nitrogen functional groups attached to an aromatic ring is 1. The molecule has 0 heterocycles. The lowest BCUT2D eigenvalue weighted by molar-refractivity contribution is 0.0940. The quantitative estimate of drug-likeness (QED) is 0.520. The maximum Gasteiger partial charge on any atom is 0.253 e. The van der Waals surface area contributed by atoms with Crippen molar-refractivity contribution in [1.82, 2.24) is 5.32 Å². The summed E-state index contributed by atoms with van der Waals surface area (Å²) in [6.07, 6.45) is 0.852. The van der Waals surface area contributed by atoms with Crippen LogP contribution in [0.4, 0.5) is 5.69 Å². The van der Waals surface area contributed by atoms with E-state index in [0.717, 1.165) is 6.42 Å². The summed E-state index contributed by atoms with van der Waals surface area (Å²) in [5.41, 5.74) is 6.32. The summed E-state index contributed by atoms with van der Waals surface area (Å²) in [6.45, 7) is 3.90. The van der Waals surface area contributed by atoms with Gasteiger partial charge in [-0.1, -0.05) is 6.92 Å². The van der Waals surface area contributed by atoms with Crippen molar-refractivity contribution >= 4 is 11.6 Å². The number of anilines is 1. The van der Waals surface area contributed by atoms with Crippen LogP contribution in [0.3, 0.4) is 0 Å². The number of carbonyl (C=O) groups is 1. The number of nitrogens with one attached hydrogen (secondary N) is 1. The number of carbonyl (C=O) groups excluding carboxylic acids is 1. The molecule has 0 aliphatic carbocycles. The second-order valence-electron chi connectivity index (χ2n) is 3.55. The summed E-state index contributed by atoms with van der Waals surface area (Å²) >= 11 is 0. The van der Waals surface area contributed by atoms with E-state index < -0.39 is 0 Å². The van der Waals surface area contributed by atoms with Crippen LogP contribution in [0.15, 0.2) is 18.2 Å². The zero-order chi connectivity index (χ0) is 11.4. The molecule has 1 rings (SSSR count). The molecule has 1 unspecified atom stereocenters. The lowest BCUT2D eigenvalue weighted by Crippen LogP contribution is -2.32. The third kappa shape index (κ3) is 2.87. The topological polar surface area (TPSA) is 75.3 Å². The summed E-state index contributed by atoms with van der Waals surface area (Å²) in [5.74, 6) is -0.212. The minimum Gasteiger partial charge on any atom is -0.508 e. The van der Waals surface area contributed by atoms with Gasteiger partial charge in [0, 0.05) is 11.7 Å². The Morgan fingerprint density at radius 1 is 1.60 bits per heavy atom. The molecular weight excluding hydrogens is 192 g/mol. The second kappa shape index (κ2) is 4.68. The molecule has 0 aliphatic heterocycles. The van der Waals surface area contributed by atoms with Crippen LogP contribution in [-0.4, -0.2) is 17.1 Å². The highest BCUT2D eigenvalue weighted by atomic mass is 16.3. The molecule has 0 saturated heterocycles. The van der Waals surface area contributed by atoms with Crippen LogP contribution in [0.25, 0.3) is 0 Å².